The zero-order valence-electron chi connectivity index (χ0n) is 16.7. The van der Waals surface area contributed by atoms with Crippen molar-refractivity contribution in [2.24, 2.45) is 17.8 Å². The van der Waals surface area contributed by atoms with Gasteiger partial charge in [-0.15, -0.1) is 12.4 Å². The van der Waals surface area contributed by atoms with Crippen LogP contribution in [0.5, 0.6) is 0 Å². The molecule has 1 N–H and O–H groups in total. The molecule has 0 radical (unpaired) electrons. The number of carbonyl (C=O) groups excluding carboxylic acids is 2. The van der Waals surface area contributed by atoms with Gasteiger partial charge in [0.15, 0.2) is 0 Å². The fourth-order valence-corrected chi connectivity index (χ4v) is 4.95. The average Bonchev–Trinajstić information content (AvgIpc) is 3.24. The molecule has 0 aliphatic carbocycles. The number of hydrogen-bond acceptors (Lipinski definition) is 3. The Morgan fingerprint density at radius 3 is 2.36 bits per heavy atom. The smallest absolute Gasteiger partial charge is 0.228 e. The Hall–Kier alpha value is -1.59. The van der Waals surface area contributed by atoms with E-state index in [1.54, 1.807) is 4.90 Å². The third-order valence-electron chi connectivity index (χ3n) is 6.59. The molecule has 1 aromatic rings. The van der Waals surface area contributed by atoms with Gasteiger partial charge in [0.05, 0.1) is 5.92 Å². The quantitative estimate of drug-likeness (QED) is 0.837. The predicted octanol–water partition coefficient (Wildman–Crippen LogP) is 2.87. The van der Waals surface area contributed by atoms with E-state index in [1.807, 2.05) is 17.0 Å². The number of hydrogen-bond donors (Lipinski definition) is 1. The monoisotopic (exact) mass is 405 g/mol. The lowest BCUT2D eigenvalue weighted by atomic mass is 9.92. The first kappa shape index (κ1) is 21.1. The molecule has 4 rings (SSSR count). The van der Waals surface area contributed by atoms with Gasteiger partial charge in [-0.05, 0) is 61.9 Å². The standard InChI is InChI=1S/C22H31N3O2.ClH/c1-2-3-16-4-6-20(7-5-16)25-15-19(12-21(25)26)22(27)24-10-8-17-13-23-14-18(17)9-11-24;/h4-7,17-19,23H,2-3,8-15H2,1H3;1H/t17-,18+,19?;. The molecule has 0 aromatic heterocycles. The Morgan fingerprint density at radius 2 is 1.75 bits per heavy atom. The lowest BCUT2D eigenvalue weighted by Crippen LogP contribution is -2.38. The molecule has 2 amide bonds. The van der Waals surface area contributed by atoms with E-state index >= 15 is 0 Å². The van der Waals surface area contributed by atoms with Crippen molar-refractivity contribution in [3.8, 4) is 0 Å². The maximum atomic E-state index is 13.1. The molecule has 154 valence electrons. The number of fused-ring (bicyclic) bond motifs is 1. The minimum absolute atomic E-state index is 0. The van der Waals surface area contributed by atoms with Crippen LogP contribution >= 0.6 is 12.4 Å². The minimum Gasteiger partial charge on any atom is -0.342 e. The number of benzene rings is 1. The second kappa shape index (κ2) is 9.27. The van der Waals surface area contributed by atoms with Crippen LogP contribution in [0.2, 0.25) is 0 Å². The third-order valence-corrected chi connectivity index (χ3v) is 6.59. The van der Waals surface area contributed by atoms with Crippen LogP contribution in [-0.4, -0.2) is 49.4 Å². The highest BCUT2D eigenvalue weighted by molar-refractivity contribution is 6.00. The largest absolute Gasteiger partial charge is 0.342 e. The minimum atomic E-state index is -0.191. The summed E-state index contributed by atoms with van der Waals surface area (Å²) in [4.78, 5) is 29.5. The van der Waals surface area contributed by atoms with Crippen LogP contribution in [-0.2, 0) is 16.0 Å². The summed E-state index contributed by atoms with van der Waals surface area (Å²) in [5, 5.41) is 3.48. The van der Waals surface area contributed by atoms with Crippen molar-refractivity contribution in [1.82, 2.24) is 10.2 Å². The van der Waals surface area contributed by atoms with Crippen LogP contribution < -0.4 is 10.2 Å². The summed E-state index contributed by atoms with van der Waals surface area (Å²) in [6.07, 6.45) is 4.70. The van der Waals surface area contributed by atoms with E-state index in [4.69, 9.17) is 0 Å². The van der Waals surface area contributed by atoms with Gasteiger partial charge in [-0.1, -0.05) is 25.5 Å². The van der Waals surface area contributed by atoms with E-state index in [9.17, 15) is 9.59 Å². The summed E-state index contributed by atoms with van der Waals surface area (Å²) in [5.41, 5.74) is 2.22. The summed E-state index contributed by atoms with van der Waals surface area (Å²) in [6.45, 7) is 6.57. The van der Waals surface area contributed by atoms with Gasteiger partial charge >= 0.3 is 0 Å². The molecule has 0 saturated carbocycles. The maximum Gasteiger partial charge on any atom is 0.228 e. The lowest BCUT2D eigenvalue weighted by molar-refractivity contribution is -0.135. The summed E-state index contributed by atoms with van der Waals surface area (Å²) < 4.78 is 0. The summed E-state index contributed by atoms with van der Waals surface area (Å²) in [6, 6.07) is 8.25. The number of halogens is 1. The Kier molecular flexibility index (Phi) is 7.00. The molecule has 3 saturated heterocycles. The number of amides is 2. The molecule has 3 atom stereocenters. The van der Waals surface area contributed by atoms with Gasteiger partial charge in [0.1, 0.15) is 0 Å². The topological polar surface area (TPSA) is 52.7 Å². The number of aryl methyl sites for hydroxylation is 1. The lowest BCUT2D eigenvalue weighted by Gasteiger charge is -2.24. The van der Waals surface area contributed by atoms with Gasteiger partial charge in [-0.25, -0.2) is 0 Å². The zero-order chi connectivity index (χ0) is 18.8. The van der Waals surface area contributed by atoms with E-state index in [0.29, 0.717) is 24.8 Å². The highest BCUT2D eigenvalue weighted by Crippen LogP contribution is 2.30. The van der Waals surface area contributed by atoms with Crippen molar-refractivity contribution in [3.63, 3.8) is 0 Å². The first-order chi connectivity index (χ1) is 13.2. The highest BCUT2D eigenvalue weighted by Gasteiger charge is 2.39. The van der Waals surface area contributed by atoms with Crippen molar-refractivity contribution in [2.75, 3.05) is 37.6 Å². The van der Waals surface area contributed by atoms with Gasteiger partial charge in [0.2, 0.25) is 11.8 Å². The molecule has 0 bridgehead atoms. The molecule has 0 spiro atoms. The molecule has 6 heteroatoms. The van der Waals surface area contributed by atoms with E-state index in [0.717, 1.165) is 57.5 Å². The third kappa shape index (κ3) is 4.36. The van der Waals surface area contributed by atoms with Gasteiger partial charge < -0.3 is 15.1 Å². The molecule has 3 aliphatic heterocycles. The fraction of sp³-hybridized carbons (Fsp3) is 0.636. The van der Waals surface area contributed by atoms with Crippen LogP contribution in [0.25, 0.3) is 0 Å². The highest BCUT2D eigenvalue weighted by atomic mass is 35.5. The van der Waals surface area contributed by atoms with Crippen molar-refractivity contribution in [2.45, 2.75) is 39.0 Å². The second-order valence-corrected chi connectivity index (χ2v) is 8.40. The predicted molar refractivity (Wildman–Crippen MR) is 114 cm³/mol. The van der Waals surface area contributed by atoms with Crippen molar-refractivity contribution in [1.29, 1.82) is 0 Å². The van der Waals surface area contributed by atoms with Gasteiger partial charge in [-0.3, -0.25) is 9.59 Å². The number of anilines is 1. The molecule has 1 aromatic carbocycles. The molecule has 28 heavy (non-hydrogen) atoms. The normalized spacial score (nSPS) is 27.3. The summed E-state index contributed by atoms with van der Waals surface area (Å²) in [7, 11) is 0. The first-order valence-electron chi connectivity index (χ1n) is 10.5. The van der Waals surface area contributed by atoms with Crippen molar-refractivity contribution in [3.05, 3.63) is 29.8 Å². The second-order valence-electron chi connectivity index (χ2n) is 8.40. The Balaban J connectivity index is 0.00000225. The Morgan fingerprint density at radius 1 is 1.11 bits per heavy atom. The number of carbonyl (C=O) groups is 2. The fourth-order valence-electron chi connectivity index (χ4n) is 4.95. The van der Waals surface area contributed by atoms with Gasteiger partial charge in [-0.2, -0.15) is 0 Å². The maximum absolute atomic E-state index is 13.1. The number of nitrogens with one attached hydrogen (secondary N) is 1. The molecular weight excluding hydrogens is 374 g/mol. The molecule has 3 heterocycles. The van der Waals surface area contributed by atoms with E-state index in [-0.39, 0.29) is 30.1 Å². The number of rotatable bonds is 4. The van der Waals surface area contributed by atoms with E-state index < -0.39 is 0 Å². The number of likely N-dealkylation sites (tertiary alicyclic amines) is 1. The first-order valence-corrected chi connectivity index (χ1v) is 10.5. The van der Waals surface area contributed by atoms with Gasteiger partial charge in [0, 0.05) is 31.7 Å². The molecule has 3 fully saturated rings. The van der Waals surface area contributed by atoms with Crippen LogP contribution in [0.4, 0.5) is 5.69 Å². The molecular formula is C22H32ClN3O2. The van der Waals surface area contributed by atoms with Crippen molar-refractivity contribution < 1.29 is 9.59 Å². The van der Waals surface area contributed by atoms with Crippen LogP contribution in [0, 0.1) is 17.8 Å². The van der Waals surface area contributed by atoms with E-state index in [2.05, 4.69) is 24.4 Å². The van der Waals surface area contributed by atoms with Crippen LogP contribution in [0.3, 0.4) is 0 Å². The van der Waals surface area contributed by atoms with Crippen LogP contribution in [0.15, 0.2) is 24.3 Å². The molecule has 5 nitrogen and oxygen atoms in total. The summed E-state index contributed by atoms with van der Waals surface area (Å²) in [5.74, 6) is 1.50. The van der Waals surface area contributed by atoms with Crippen LogP contribution in [0.1, 0.15) is 38.2 Å². The van der Waals surface area contributed by atoms with E-state index in [1.165, 1.54) is 5.56 Å². The SMILES string of the molecule is CCCc1ccc(N2CC(C(=O)N3CC[C@@H]4CNC[C@@H]4CC3)CC2=O)cc1.Cl. The van der Waals surface area contributed by atoms with Gasteiger partial charge in [0.25, 0.3) is 0 Å². The zero-order valence-corrected chi connectivity index (χ0v) is 17.5. The Labute approximate surface area is 174 Å². The Bertz CT molecular complexity index is 680. The number of nitrogens with zero attached hydrogens (tertiary/aromatic N) is 2. The molecule has 3 aliphatic rings. The van der Waals surface area contributed by atoms with Crippen molar-refractivity contribution >= 4 is 29.9 Å². The summed E-state index contributed by atoms with van der Waals surface area (Å²) >= 11 is 0. The average molecular weight is 406 g/mol. The molecule has 1 unspecified atom stereocenters.